The van der Waals surface area contributed by atoms with Gasteiger partial charge in [0.2, 0.25) is 0 Å². The molecule has 0 fully saturated rings. The maximum atomic E-state index is 2.35. The average Bonchev–Trinajstić information content (AvgIpc) is 3.40. The van der Waals surface area contributed by atoms with Crippen molar-refractivity contribution in [3.05, 3.63) is 273 Å². The molecule has 0 spiro atoms. The first kappa shape index (κ1) is 39.3. The molecule has 65 heavy (non-hydrogen) atoms. The topological polar surface area (TPSA) is 3.24 Å². The number of hydrogen-bond acceptors (Lipinski definition) is 1. The summed E-state index contributed by atoms with van der Waals surface area (Å²) in [5.41, 5.74) is 20.2. The summed E-state index contributed by atoms with van der Waals surface area (Å²) >= 11 is 0. The maximum absolute atomic E-state index is 2.35. The Kier molecular flexibility index (Phi) is 10.7. The Labute approximate surface area is 381 Å². The van der Waals surface area contributed by atoms with Crippen LogP contribution in [0.5, 0.6) is 0 Å². The Morgan fingerprint density at radius 1 is 0.185 bits per heavy atom. The molecule has 0 saturated heterocycles. The largest absolute Gasteiger partial charge is 0.311 e. The van der Waals surface area contributed by atoms with E-state index in [-0.39, 0.29) is 0 Å². The van der Waals surface area contributed by atoms with Crippen LogP contribution in [0.15, 0.2) is 273 Å². The minimum Gasteiger partial charge on any atom is -0.311 e. The van der Waals surface area contributed by atoms with Crippen LogP contribution in [0.3, 0.4) is 0 Å². The second-order valence-electron chi connectivity index (χ2n) is 16.5. The molecule has 11 aromatic rings. The number of hydrogen-bond donors (Lipinski definition) is 0. The first-order valence-electron chi connectivity index (χ1n) is 22.3. The summed E-state index contributed by atoms with van der Waals surface area (Å²) in [4.78, 5) is 2.35. The van der Waals surface area contributed by atoms with Crippen molar-refractivity contribution in [3.8, 4) is 77.9 Å². The summed E-state index contributed by atoms with van der Waals surface area (Å²) in [6.45, 7) is 0. The zero-order chi connectivity index (χ0) is 43.4. The second kappa shape index (κ2) is 17.7. The van der Waals surface area contributed by atoms with Gasteiger partial charge < -0.3 is 4.90 Å². The summed E-state index contributed by atoms with van der Waals surface area (Å²) in [5, 5.41) is 2.51. The van der Waals surface area contributed by atoms with Crippen LogP contribution in [0.1, 0.15) is 0 Å². The first-order valence-corrected chi connectivity index (χ1v) is 22.3. The predicted octanol–water partition coefficient (Wildman–Crippen LogP) is 18.0. The van der Waals surface area contributed by atoms with E-state index in [9.17, 15) is 0 Å². The fourth-order valence-electron chi connectivity index (χ4n) is 9.24. The van der Waals surface area contributed by atoms with Crippen molar-refractivity contribution in [2.45, 2.75) is 0 Å². The minimum absolute atomic E-state index is 1.09. The van der Waals surface area contributed by atoms with Gasteiger partial charge in [0.1, 0.15) is 0 Å². The molecule has 0 radical (unpaired) electrons. The van der Waals surface area contributed by atoms with E-state index in [1.165, 1.54) is 88.7 Å². The van der Waals surface area contributed by atoms with Crippen molar-refractivity contribution in [2.24, 2.45) is 0 Å². The van der Waals surface area contributed by atoms with Gasteiger partial charge in [-0.05, 0) is 131 Å². The summed E-state index contributed by atoms with van der Waals surface area (Å²) in [6.07, 6.45) is 0. The van der Waals surface area contributed by atoms with Gasteiger partial charge in [0, 0.05) is 17.1 Å². The summed E-state index contributed by atoms with van der Waals surface area (Å²) in [7, 11) is 0. The van der Waals surface area contributed by atoms with Crippen molar-refractivity contribution in [3.63, 3.8) is 0 Å². The van der Waals surface area contributed by atoms with Gasteiger partial charge in [0.05, 0.1) is 0 Å². The third-order valence-corrected chi connectivity index (χ3v) is 12.5. The predicted molar refractivity (Wildman–Crippen MR) is 277 cm³/mol. The van der Waals surface area contributed by atoms with E-state index in [1.54, 1.807) is 0 Å². The van der Waals surface area contributed by atoms with Gasteiger partial charge in [0.15, 0.2) is 0 Å². The molecule has 1 heteroatoms. The highest BCUT2D eigenvalue weighted by atomic mass is 15.1. The number of anilines is 3. The first-order chi connectivity index (χ1) is 32.2. The van der Waals surface area contributed by atoms with Crippen LogP contribution in [0.4, 0.5) is 17.1 Å². The molecule has 1 nitrogen and oxygen atoms in total. The SMILES string of the molecule is c1ccc(-c2ccc(N(c3ccc(-c4ccc(-c5ccccc5-c5ccccc5)cc4)cc3)c3ccc(-c4cccc(-c5cccc6cccc(-c7ccccc7)c56)c4)cc3)cc2)cc1. The van der Waals surface area contributed by atoms with Gasteiger partial charge in [0.25, 0.3) is 0 Å². The average molecular weight is 828 g/mol. The number of benzene rings is 11. The van der Waals surface area contributed by atoms with Gasteiger partial charge >= 0.3 is 0 Å². The van der Waals surface area contributed by atoms with Crippen molar-refractivity contribution in [1.29, 1.82) is 0 Å². The molecule has 11 aromatic carbocycles. The maximum Gasteiger partial charge on any atom is 0.0462 e. The Morgan fingerprint density at radius 3 is 0.969 bits per heavy atom. The van der Waals surface area contributed by atoms with Gasteiger partial charge in [-0.3, -0.25) is 0 Å². The van der Waals surface area contributed by atoms with Gasteiger partial charge in [-0.15, -0.1) is 0 Å². The van der Waals surface area contributed by atoms with Gasteiger partial charge in [-0.1, -0.05) is 231 Å². The zero-order valence-corrected chi connectivity index (χ0v) is 35.9. The van der Waals surface area contributed by atoms with Crippen LogP contribution < -0.4 is 4.90 Å². The molecule has 0 aliphatic carbocycles. The summed E-state index contributed by atoms with van der Waals surface area (Å²) in [6, 6.07) is 98.6. The number of nitrogens with zero attached hydrogens (tertiary/aromatic N) is 1. The Balaban J connectivity index is 0.916. The molecule has 0 aliphatic rings. The molecular weight excluding hydrogens is 783 g/mol. The van der Waals surface area contributed by atoms with Gasteiger partial charge in [-0.25, -0.2) is 0 Å². The lowest BCUT2D eigenvalue weighted by atomic mass is 9.90. The second-order valence-corrected chi connectivity index (χ2v) is 16.5. The highest BCUT2D eigenvalue weighted by Gasteiger charge is 2.16. The van der Waals surface area contributed by atoms with E-state index in [4.69, 9.17) is 0 Å². The number of rotatable bonds is 10. The lowest BCUT2D eigenvalue weighted by Crippen LogP contribution is -2.09. The van der Waals surface area contributed by atoms with Crippen molar-refractivity contribution in [1.82, 2.24) is 0 Å². The molecule has 0 N–H and O–H groups in total. The van der Waals surface area contributed by atoms with E-state index in [0.717, 1.165) is 17.1 Å². The lowest BCUT2D eigenvalue weighted by Gasteiger charge is -2.26. The van der Waals surface area contributed by atoms with Gasteiger partial charge in [-0.2, -0.15) is 0 Å². The lowest BCUT2D eigenvalue weighted by molar-refractivity contribution is 1.28. The fraction of sp³-hybridized carbons (Fsp3) is 0. The molecule has 0 heterocycles. The van der Waals surface area contributed by atoms with E-state index < -0.39 is 0 Å². The van der Waals surface area contributed by atoms with Crippen molar-refractivity contribution < 1.29 is 0 Å². The Morgan fingerprint density at radius 2 is 0.477 bits per heavy atom. The summed E-state index contributed by atoms with van der Waals surface area (Å²) < 4.78 is 0. The molecular formula is C64H45N. The van der Waals surface area contributed by atoms with E-state index in [2.05, 4.69) is 278 Å². The quantitative estimate of drug-likeness (QED) is 0.133. The van der Waals surface area contributed by atoms with Crippen LogP contribution in [0.25, 0.3) is 88.7 Å². The van der Waals surface area contributed by atoms with Crippen LogP contribution in [0.2, 0.25) is 0 Å². The van der Waals surface area contributed by atoms with Crippen LogP contribution in [0, 0.1) is 0 Å². The minimum atomic E-state index is 1.09. The smallest absolute Gasteiger partial charge is 0.0462 e. The van der Waals surface area contributed by atoms with Crippen LogP contribution in [-0.2, 0) is 0 Å². The van der Waals surface area contributed by atoms with E-state index >= 15 is 0 Å². The zero-order valence-electron chi connectivity index (χ0n) is 35.9. The molecule has 11 rings (SSSR count). The summed E-state index contributed by atoms with van der Waals surface area (Å²) in [5.74, 6) is 0. The molecule has 0 bridgehead atoms. The van der Waals surface area contributed by atoms with Crippen molar-refractivity contribution in [2.75, 3.05) is 4.90 Å². The third-order valence-electron chi connectivity index (χ3n) is 12.5. The molecule has 0 unspecified atom stereocenters. The Hall–Kier alpha value is -8.52. The fourth-order valence-corrected chi connectivity index (χ4v) is 9.24. The molecule has 0 saturated carbocycles. The molecule has 0 aliphatic heterocycles. The van der Waals surface area contributed by atoms with E-state index in [1.807, 2.05) is 0 Å². The monoisotopic (exact) mass is 827 g/mol. The van der Waals surface area contributed by atoms with Crippen LogP contribution in [-0.4, -0.2) is 0 Å². The molecule has 0 aromatic heterocycles. The molecule has 0 amide bonds. The standard InChI is InChI=1S/C64H45N/c1-4-15-46(16-5-1)48-33-39-57(40-34-48)65(58-41-35-49(36-42-58)47-29-31-53(32-30-47)61-26-11-10-25-60(61)51-17-6-2-7-18-51)59-43-37-50(38-44-59)55-23-12-24-56(45-55)63-28-14-22-54-21-13-27-62(64(54)63)52-19-8-3-9-20-52/h1-45H. The normalized spacial score (nSPS) is 11.1. The highest BCUT2D eigenvalue weighted by molar-refractivity contribution is 6.06. The number of fused-ring (bicyclic) bond motifs is 1. The highest BCUT2D eigenvalue weighted by Crippen LogP contribution is 2.41. The van der Waals surface area contributed by atoms with E-state index in [0.29, 0.717) is 0 Å². The molecule has 306 valence electrons. The third kappa shape index (κ3) is 8.04. The molecule has 0 atom stereocenters. The van der Waals surface area contributed by atoms with Crippen LogP contribution >= 0.6 is 0 Å². The van der Waals surface area contributed by atoms with Crippen molar-refractivity contribution >= 4 is 27.8 Å². The Bertz CT molecular complexity index is 3350.